The van der Waals surface area contributed by atoms with E-state index in [0.717, 1.165) is 34.4 Å². The van der Waals surface area contributed by atoms with Crippen LogP contribution in [0.1, 0.15) is 55.7 Å². The van der Waals surface area contributed by atoms with Crippen molar-refractivity contribution in [2.75, 3.05) is 25.1 Å². The maximum Gasteiger partial charge on any atom is 0.294 e. The van der Waals surface area contributed by atoms with Gasteiger partial charge in [0, 0.05) is 25.4 Å². The lowest BCUT2D eigenvalue weighted by Gasteiger charge is -2.32. The number of ether oxygens (including phenoxy) is 2. The third-order valence-corrected chi connectivity index (χ3v) is 11.5. The maximum absolute atomic E-state index is 14.9. The minimum absolute atomic E-state index is 0.191. The Labute approximate surface area is 315 Å². The summed E-state index contributed by atoms with van der Waals surface area (Å²) in [5.74, 6) is 0.164. The summed E-state index contributed by atoms with van der Waals surface area (Å²) in [4.78, 5) is 16.3. The van der Waals surface area contributed by atoms with Gasteiger partial charge in [-0.05, 0) is 101 Å². The van der Waals surface area contributed by atoms with Crippen LogP contribution in [0.4, 0.5) is 5.69 Å². The van der Waals surface area contributed by atoms with Gasteiger partial charge in [-0.3, -0.25) is 13.9 Å². The van der Waals surface area contributed by atoms with Gasteiger partial charge in [-0.25, -0.2) is 0 Å². The molecule has 2 heterocycles. The van der Waals surface area contributed by atoms with Gasteiger partial charge in [0.15, 0.2) is 0 Å². The average molecular weight is 769 g/mol. The zero-order chi connectivity index (χ0) is 37.9. The van der Waals surface area contributed by atoms with Crippen molar-refractivity contribution in [1.82, 2.24) is 4.90 Å². The second-order valence-electron chi connectivity index (χ2n) is 13.6. The van der Waals surface area contributed by atoms with Crippen molar-refractivity contribution in [3.8, 4) is 5.75 Å². The van der Waals surface area contributed by atoms with Crippen LogP contribution in [0.3, 0.4) is 0 Å². The number of amides is 1. The van der Waals surface area contributed by atoms with Gasteiger partial charge in [0.1, 0.15) is 12.4 Å². The van der Waals surface area contributed by atoms with E-state index < -0.39 is 20.2 Å². The normalized spacial score (nSPS) is 15.8. The molecule has 13 heteroatoms. The van der Waals surface area contributed by atoms with Crippen molar-refractivity contribution in [3.63, 3.8) is 0 Å². The Bertz CT molecular complexity index is 2360. The summed E-state index contributed by atoms with van der Waals surface area (Å²) in [7, 11) is -8.77. The quantitative estimate of drug-likeness (QED) is 0.122. The van der Waals surface area contributed by atoms with Crippen molar-refractivity contribution in [2.45, 2.75) is 54.7 Å². The van der Waals surface area contributed by atoms with Crippen LogP contribution in [0.5, 0.6) is 5.75 Å². The van der Waals surface area contributed by atoms with Crippen LogP contribution in [0.25, 0.3) is 0 Å². The highest BCUT2D eigenvalue weighted by Crippen LogP contribution is 2.34. The Hall–Kier alpha value is -5.05. The van der Waals surface area contributed by atoms with Crippen LogP contribution >= 0.6 is 0 Å². The molecule has 1 saturated heterocycles. The number of rotatable bonds is 12. The molecule has 1 fully saturated rings. The average Bonchev–Trinajstić information content (AvgIpc) is 3.67. The summed E-state index contributed by atoms with van der Waals surface area (Å²) >= 11 is 0. The van der Waals surface area contributed by atoms with Crippen molar-refractivity contribution in [1.29, 1.82) is 0 Å². The number of fused-ring (bicyclic) bond motifs is 1. The van der Waals surface area contributed by atoms with Gasteiger partial charge in [0.05, 0.1) is 28.0 Å². The van der Waals surface area contributed by atoms with E-state index in [1.807, 2.05) is 59.5 Å². The molecule has 2 aliphatic rings. The molecule has 0 aromatic heterocycles. The van der Waals surface area contributed by atoms with E-state index in [0.29, 0.717) is 61.6 Å². The first-order valence-corrected chi connectivity index (χ1v) is 20.5. The number of benzene rings is 5. The topological polar surface area (TPSA) is 160 Å². The highest BCUT2D eigenvalue weighted by atomic mass is 32.2. The van der Waals surface area contributed by atoms with E-state index in [-0.39, 0.29) is 34.8 Å². The van der Waals surface area contributed by atoms with Gasteiger partial charge < -0.3 is 19.7 Å². The van der Waals surface area contributed by atoms with Crippen molar-refractivity contribution in [3.05, 3.63) is 154 Å². The molecule has 1 amide bonds. The predicted molar refractivity (Wildman–Crippen MR) is 203 cm³/mol. The van der Waals surface area contributed by atoms with Crippen LogP contribution in [0, 0.1) is 0 Å². The predicted octanol–water partition coefficient (Wildman–Crippen LogP) is 6.34. The Balaban J connectivity index is 1.29. The Morgan fingerprint density at radius 3 is 2.07 bits per heavy atom. The van der Waals surface area contributed by atoms with Crippen LogP contribution in [0.2, 0.25) is 0 Å². The molecule has 5 aromatic rings. The zero-order valence-electron chi connectivity index (χ0n) is 29.3. The molecule has 11 nitrogen and oxygen atoms in total. The highest BCUT2D eigenvalue weighted by molar-refractivity contribution is 7.86. The molecule has 0 saturated carbocycles. The summed E-state index contributed by atoms with van der Waals surface area (Å²) in [6.45, 7) is 2.39. The second-order valence-corrected chi connectivity index (χ2v) is 16.5. The molecule has 0 radical (unpaired) electrons. The molecule has 2 aliphatic heterocycles. The van der Waals surface area contributed by atoms with Gasteiger partial charge in [0.2, 0.25) is 0 Å². The fraction of sp³-hybridized carbons (Fsp3) is 0.244. The minimum Gasteiger partial charge on any atom is -0.488 e. The minimum atomic E-state index is -4.40. The fourth-order valence-electron chi connectivity index (χ4n) is 7.00. The number of hydrogen-bond acceptors (Lipinski definition) is 8. The summed E-state index contributed by atoms with van der Waals surface area (Å²) in [6, 6.07) is 31.5. The first kappa shape index (κ1) is 37.3. The molecule has 3 N–H and O–H groups in total. The molecule has 0 aliphatic carbocycles. The number of carbonyl (C=O) groups is 1. The molecule has 5 aromatic carbocycles. The van der Waals surface area contributed by atoms with Crippen LogP contribution < -0.4 is 10.1 Å². The van der Waals surface area contributed by atoms with Crippen LogP contribution in [0.15, 0.2) is 119 Å². The van der Waals surface area contributed by atoms with Crippen molar-refractivity contribution in [2.24, 2.45) is 0 Å². The molecular formula is C41H40N2O9S2. The Morgan fingerprint density at radius 2 is 1.44 bits per heavy atom. The summed E-state index contributed by atoms with van der Waals surface area (Å²) < 4.78 is 78.1. The summed E-state index contributed by atoms with van der Waals surface area (Å²) in [5.41, 5.74) is 7.41. The monoisotopic (exact) mass is 768 g/mol. The summed E-state index contributed by atoms with van der Waals surface area (Å²) in [6.07, 6.45) is 2.17. The number of anilines is 1. The molecule has 0 spiro atoms. The van der Waals surface area contributed by atoms with E-state index in [9.17, 15) is 30.7 Å². The Kier molecular flexibility index (Phi) is 10.9. The van der Waals surface area contributed by atoms with E-state index in [1.54, 1.807) is 24.3 Å². The fourth-order valence-corrected chi connectivity index (χ4v) is 7.96. The lowest BCUT2D eigenvalue weighted by atomic mass is 9.92. The molecule has 0 bridgehead atoms. The second kappa shape index (κ2) is 15.7. The molecule has 280 valence electrons. The van der Waals surface area contributed by atoms with Gasteiger partial charge >= 0.3 is 0 Å². The van der Waals surface area contributed by atoms with E-state index in [1.165, 1.54) is 29.8 Å². The smallest absolute Gasteiger partial charge is 0.294 e. The third kappa shape index (κ3) is 8.83. The van der Waals surface area contributed by atoms with Gasteiger partial charge in [-0.1, -0.05) is 72.8 Å². The maximum atomic E-state index is 14.9. The lowest BCUT2D eigenvalue weighted by molar-refractivity contribution is 0.0729. The lowest BCUT2D eigenvalue weighted by Crippen LogP contribution is -2.37. The summed E-state index contributed by atoms with van der Waals surface area (Å²) in [5, 5.41) is 3.62. The largest absolute Gasteiger partial charge is 0.488 e. The SMILES string of the molecule is O=C(c1c(Cc2ccc(S(=O)(=O)O)cc2)cc(Cc2ccc(S(=O)(=O)O)cc2)cc1OCc1ccccc1)N1CCc2cccc(N[C@H]3CCOC3)c2C1. The third-order valence-electron chi connectivity index (χ3n) is 9.79. The van der Waals surface area contributed by atoms with Crippen molar-refractivity contribution < 1.29 is 40.2 Å². The van der Waals surface area contributed by atoms with Crippen LogP contribution in [-0.2, 0) is 57.4 Å². The van der Waals surface area contributed by atoms with Crippen molar-refractivity contribution >= 4 is 31.8 Å². The van der Waals surface area contributed by atoms with E-state index in [2.05, 4.69) is 11.4 Å². The highest BCUT2D eigenvalue weighted by Gasteiger charge is 2.29. The first-order valence-electron chi connectivity index (χ1n) is 17.6. The Morgan fingerprint density at radius 1 is 0.778 bits per heavy atom. The first-order chi connectivity index (χ1) is 25.9. The number of hydrogen-bond donors (Lipinski definition) is 3. The number of carbonyl (C=O) groups excluding carboxylic acids is 1. The van der Waals surface area contributed by atoms with E-state index >= 15 is 0 Å². The van der Waals surface area contributed by atoms with Crippen LogP contribution in [-0.4, -0.2) is 62.5 Å². The van der Waals surface area contributed by atoms with Gasteiger partial charge in [-0.15, -0.1) is 0 Å². The zero-order valence-corrected chi connectivity index (χ0v) is 31.0. The standard InChI is InChI=1S/C41H40N2O9S2/c44-41(43-19-17-32-7-4-8-38(37(32)25-43)42-34-18-20-51-27-34)40-33(22-29-11-15-36(16-12-29)54(48,49)50)23-31(21-28-9-13-35(14-10-28)53(45,46)47)24-39(40)52-26-30-5-2-1-3-6-30/h1-16,23-24,34,42H,17-22,25-27H2,(H,45,46,47)(H,48,49,50)/t34-/m0/s1. The molecular weight excluding hydrogens is 729 g/mol. The number of nitrogens with zero attached hydrogens (tertiary/aromatic N) is 1. The van der Waals surface area contributed by atoms with E-state index in [4.69, 9.17) is 9.47 Å². The molecule has 0 unspecified atom stereocenters. The molecule has 1 atom stereocenters. The molecule has 54 heavy (non-hydrogen) atoms. The molecule has 7 rings (SSSR count). The van der Waals surface area contributed by atoms with Gasteiger partial charge in [0.25, 0.3) is 26.1 Å². The van der Waals surface area contributed by atoms with Gasteiger partial charge in [-0.2, -0.15) is 16.8 Å². The number of nitrogens with one attached hydrogen (secondary N) is 1.